The minimum atomic E-state index is 0.138. The van der Waals surface area contributed by atoms with Gasteiger partial charge in [-0.1, -0.05) is 12.1 Å². The molecule has 0 saturated heterocycles. The Kier molecular flexibility index (Phi) is 4.18. The zero-order chi connectivity index (χ0) is 15.5. The van der Waals surface area contributed by atoms with Crippen LogP contribution in [0.3, 0.4) is 0 Å². The second-order valence-corrected chi connectivity index (χ2v) is 5.64. The van der Waals surface area contributed by atoms with E-state index in [4.69, 9.17) is 4.74 Å². The number of rotatable bonds is 4. The van der Waals surface area contributed by atoms with Gasteiger partial charge in [0.25, 0.3) is 0 Å². The van der Waals surface area contributed by atoms with Gasteiger partial charge in [0.05, 0.1) is 19.1 Å². The van der Waals surface area contributed by atoms with Crippen molar-refractivity contribution in [3.05, 3.63) is 53.9 Å². The van der Waals surface area contributed by atoms with Crippen LogP contribution in [-0.2, 0) is 17.8 Å². The van der Waals surface area contributed by atoms with Crippen LogP contribution in [0.4, 0.5) is 0 Å². The third-order valence-corrected chi connectivity index (χ3v) is 4.25. The molecule has 1 aliphatic heterocycles. The van der Waals surface area contributed by atoms with Crippen LogP contribution < -0.4 is 4.74 Å². The molecule has 1 amide bonds. The van der Waals surface area contributed by atoms with Crippen molar-refractivity contribution in [1.29, 1.82) is 0 Å². The molecule has 0 N–H and O–H groups in total. The Morgan fingerprint density at radius 3 is 2.73 bits per heavy atom. The molecular formula is C18H22N2O2. The number of ether oxygens (including phenoxy) is 1. The third kappa shape index (κ3) is 2.86. The van der Waals surface area contributed by atoms with E-state index >= 15 is 0 Å². The van der Waals surface area contributed by atoms with Gasteiger partial charge in [0.2, 0.25) is 5.91 Å². The molecule has 116 valence electrons. The average molecular weight is 298 g/mol. The molecule has 0 radical (unpaired) electrons. The molecule has 0 bridgehead atoms. The minimum Gasteiger partial charge on any atom is -0.494 e. The molecule has 1 unspecified atom stereocenters. The average Bonchev–Trinajstić information content (AvgIpc) is 2.99. The lowest BCUT2D eigenvalue weighted by molar-refractivity contribution is -0.133. The Bertz CT molecular complexity index is 645. The van der Waals surface area contributed by atoms with Gasteiger partial charge in [-0.05, 0) is 43.7 Å². The normalized spacial score (nSPS) is 17.2. The molecule has 0 spiro atoms. The predicted molar refractivity (Wildman–Crippen MR) is 85.9 cm³/mol. The van der Waals surface area contributed by atoms with E-state index < -0.39 is 0 Å². The third-order valence-electron chi connectivity index (χ3n) is 4.25. The maximum absolute atomic E-state index is 12.6. The Labute approximate surface area is 131 Å². The van der Waals surface area contributed by atoms with Crippen LogP contribution in [-0.4, -0.2) is 28.5 Å². The number of hydrogen-bond donors (Lipinski definition) is 0. The van der Waals surface area contributed by atoms with Gasteiger partial charge in [0, 0.05) is 25.0 Å². The van der Waals surface area contributed by atoms with Crippen molar-refractivity contribution in [3.8, 4) is 5.75 Å². The van der Waals surface area contributed by atoms with Crippen LogP contribution in [0.5, 0.6) is 5.75 Å². The molecule has 3 rings (SSSR count). The lowest BCUT2D eigenvalue weighted by atomic mass is 10.1. The van der Waals surface area contributed by atoms with E-state index in [2.05, 4.69) is 23.8 Å². The summed E-state index contributed by atoms with van der Waals surface area (Å²) in [6.07, 6.45) is 2.53. The Morgan fingerprint density at radius 2 is 2.00 bits per heavy atom. The highest BCUT2D eigenvalue weighted by Crippen LogP contribution is 2.26. The van der Waals surface area contributed by atoms with E-state index in [0.717, 1.165) is 24.4 Å². The fourth-order valence-corrected chi connectivity index (χ4v) is 3.07. The van der Waals surface area contributed by atoms with E-state index in [1.165, 1.54) is 5.69 Å². The van der Waals surface area contributed by atoms with E-state index in [-0.39, 0.29) is 11.9 Å². The minimum absolute atomic E-state index is 0.138. The van der Waals surface area contributed by atoms with E-state index in [9.17, 15) is 4.79 Å². The SMILES string of the molecule is CCOc1ccc(CC(=O)N2CCn3cccc3C2C)cc1. The van der Waals surface area contributed by atoms with E-state index in [0.29, 0.717) is 13.0 Å². The van der Waals surface area contributed by atoms with Crippen LogP contribution >= 0.6 is 0 Å². The van der Waals surface area contributed by atoms with Gasteiger partial charge in [-0.25, -0.2) is 0 Å². The second-order valence-electron chi connectivity index (χ2n) is 5.64. The topological polar surface area (TPSA) is 34.5 Å². The van der Waals surface area contributed by atoms with Crippen molar-refractivity contribution in [2.45, 2.75) is 32.9 Å². The molecule has 1 aliphatic rings. The summed E-state index contributed by atoms with van der Waals surface area (Å²) in [6.45, 7) is 6.37. The quantitative estimate of drug-likeness (QED) is 0.869. The largest absolute Gasteiger partial charge is 0.494 e. The van der Waals surface area contributed by atoms with E-state index in [1.807, 2.05) is 42.2 Å². The molecule has 1 atom stereocenters. The number of hydrogen-bond acceptors (Lipinski definition) is 2. The number of benzene rings is 1. The highest BCUT2D eigenvalue weighted by molar-refractivity contribution is 5.79. The summed E-state index contributed by atoms with van der Waals surface area (Å²) in [5, 5.41) is 0. The van der Waals surface area contributed by atoms with Crippen molar-refractivity contribution in [2.24, 2.45) is 0 Å². The van der Waals surface area contributed by atoms with Crippen molar-refractivity contribution < 1.29 is 9.53 Å². The number of nitrogens with zero attached hydrogens (tertiary/aromatic N) is 2. The second kappa shape index (κ2) is 6.26. The monoisotopic (exact) mass is 298 g/mol. The Hall–Kier alpha value is -2.23. The van der Waals surface area contributed by atoms with Gasteiger partial charge in [-0.3, -0.25) is 4.79 Å². The standard InChI is InChI=1S/C18H22N2O2/c1-3-22-16-8-6-15(7-9-16)13-18(21)20-12-11-19-10-4-5-17(19)14(20)2/h4-10,14H,3,11-13H2,1-2H3. The van der Waals surface area contributed by atoms with Crippen LogP contribution in [0, 0.1) is 0 Å². The zero-order valence-corrected chi connectivity index (χ0v) is 13.2. The Morgan fingerprint density at radius 1 is 1.23 bits per heavy atom. The number of fused-ring (bicyclic) bond motifs is 1. The fourth-order valence-electron chi connectivity index (χ4n) is 3.07. The first-order valence-electron chi connectivity index (χ1n) is 7.85. The zero-order valence-electron chi connectivity index (χ0n) is 13.2. The summed E-state index contributed by atoms with van der Waals surface area (Å²) >= 11 is 0. The highest BCUT2D eigenvalue weighted by atomic mass is 16.5. The molecule has 4 heteroatoms. The van der Waals surface area contributed by atoms with E-state index in [1.54, 1.807) is 0 Å². The summed E-state index contributed by atoms with van der Waals surface area (Å²) in [5.74, 6) is 1.03. The van der Waals surface area contributed by atoms with Gasteiger partial charge in [-0.2, -0.15) is 0 Å². The molecule has 0 fully saturated rings. The molecule has 1 aromatic carbocycles. The molecule has 4 nitrogen and oxygen atoms in total. The number of amides is 1. The molecule has 0 aliphatic carbocycles. The number of aromatic nitrogens is 1. The first-order chi connectivity index (χ1) is 10.7. The van der Waals surface area contributed by atoms with Crippen LogP contribution in [0.15, 0.2) is 42.6 Å². The molecule has 0 saturated carbocycles. The first kappa shape index (κ1) is 14.7. The van der Waals surface area contributed by atoms with Crippen LogP contribution in [0.25, 0.3) is 0 Å². The fraction of sp³-hybridized carbons (Fsp3) is 0.389. The first-order valence-corrected chi connectivity index (χ1v) is 7.85. The summed E-state index contributed by atoms with van der Waals surface area (Å²) in [6, 6.07) is 12.1. The van der Waals surface area contributed by atoms with Crippen molar-refractivity contribution >= 4 is 5.91 Å². The lowest BCUT2D eigenvalue weighted by Gasteiger charge is -2.35. The smallest absolute Gasteiger partial charge is 0.227 e. The van der Waals surface area contributed by atoms with Crippen molar-refractivity contribution in [3.63, 3.8) is 0 Å². The molecule has 2 aromatic rings. The Balaban J connectivity index is 1.67. The van der Waals surface area contributed by atoms with Crippen molar-refractivity contribution in [2.75, 3.05) is 13.2 Å². The summed E-state index contributed by atoms with van der Waals surface area (Å²) in [7, 11) is 0. The van der Waals surface area contributed by atoms with Crippen LogP contribution in [0.1, 0.15) is 31.1 Å². The number of carbonyl (C=O) groups excluding carboxylic acids is 1. The predicted octanol–water partition coefficient (Wildman–Crippen LogP) is 3.03. The van der Waals surface area contributed by atoms with Gasteiger partial charge < -0.3 is 14.2 Å². The summed E-state index contributed by atoms with van der Waals surface area (Å²) in [4.78, 5) is 14.6. The van der Waals surface area contributed by atoms with Gasteiger partial charge in [-0.15, -0.1) is 0 Å². The van der Waals surface area contributed by atoms with Crippen LogP contribution in [0.2, 0.25) is 0 Å². The van der Waals surface area contributed by atoms with Gasteiger partial charge in [0.1, 0.15) is 5.75 Å². The lowest BCUT2D eigenvalue weighted by Crippen LogP contribution is -2.41. The molecule has 22 heavy (non-hydrogen) atoms. The molecule has 1 aromatic heterocycles. The van der Waals surface area contributed by atoms with Crippen molar-refractivity contribution in [1.82, 2.24) is 9.47 Å². The maximum Gasteiger partial charge on any atom is 0.227 e. The summed E-state index contributed by atoms with van der Waals surface area (Å²) in [5.41, 5.74) is 2.24. The summed E-state index contributed by atoms with van der Waals surface area (Å²) < 4.78 is 7.66. The van der Waals surface area contributed by atoms with Gasteiger partial charge in [0.15, 0.2) is 0 Å². The number of carbonyl (C=O) groups is 1. The molecular weight excluding hydrogens is 276 g/mol. The highest BCUT2D eigenvalue weighted by Gasteiger charge is 2.27. The molecule has 2 heterocycles. The maximum atomic E-state index is 12.6. The van der Waals surface area contributed by atoms with Gasteiger partial charge >= 0.3 is 0 Å².